The molecule has 2 atom stereocenters. The van der Waals surface area contributed by atoms with Gasteiger partial charge in [0.05, 0.1) is 0 Å². The fourth-order valence-corrected chi connectivity index (χ4v) is 4.61. The summed E-state index contributed by atoms with van der Waals surface area (Å²) in [5, 5.41) is 5.81. The minimum atomic E-state index is -1.04. The number of amides is 3. The van der Waals surface area contributed by atoms with Crippen molar-refractivity contribution in [2.24, 2.45) is 0 Å². The van der Waals surface area contributed by atoms with Gasteiger partial charge in [-0.3, -0.25) is 9.59 Å². The molecular weight excluding hydrogens is 526 g/mol. The highest BCUT2D eigenvalue weighted by Gasteiger charge is 2.42. The lowest BCUT2D eigenvalue weighted by molar-refractivity contribution is -0.146. The van der Waals surface area contributed by atoms with Crippen LogP contribution in [0.15, 0.2) is 78.9 Å². The van der Waals surface area contributed by atoms with Crippen LogP contribution in [0.2, 0.25) is 0 Å². The predicted molar refractivity (Wildman–Crippen MR) is 167 cm³/mol. The van der Waals surface area contributed by atoms with E-state index in [4.69, 9.17) is 11.2 Å². The molecule has 7 nitrogen and oxygen atoms in total. The molecule has 3 aromatic rings. The quantitative estimate of drug-likeness (QED) is 0.308. The molecule has 3 aromatic carbocycles. The van der Waals surface area contributed by atoms with Crippen molar-refractivity contribution >= 4 is 23.6 Å². The molecule has 3 amide bonds. The number of terminal acetylenes is 1. The second kappa shape index (κ2) is 13.4. The van der Waals surface area contributed by atoms with Gasteiger partial charge in [0.25, 0.3) is 5.91 Å². The summed E-state index contributed by atoms with van der Waals surface area (Å²) < 4.78 is 5.51. The Morgan fingerprint density at radius 2 is 1.48 bits per heavy atom. The van der Waals surface area contributed by atoms with E-state index in [2.05, 4.69) is 16.6 Å². The van der Waals surface area contributed by atoms with Crippen LogP contribution in [0.25, 0.3) is 0 Å². The summed E-state index contributed by atoms with van der Waals surface area (Å²) in [7, 11) is 0. The zero-order chi connectivity index (χ0) is 31.1. The molecular formula is C35H41N3O4. The van der Waals surface area contributed by atoms with E-state index in [1.54, 1.807) is 45.0 Å². The highest BCUT2D eigenvalue weighted by Crippen LogP contribution is 2.32. The largest absolute Gasteiger partial charge is 0.444 e. The maximum atomic E-state index is 14.6. The molecule has 220 valence electrons. The second-order valence-corrected chi connectivity index (χ2v) is 12.2. The van der Waals surface area contributed by atoms with Gasteiger partial charge in [0.15, 0.2) is 0 Å². The molecule has 0 aliphatic heterocycles. The van der Waals surface area contributed by atoms with Gasteiger partial charge in [-0.25, -0.2) is 4.79 Å². The number of nitrogens with one attached hydrogen (secondary N) is 2. The Morgan fingerprint density at radius 3 is 2.02 bits per heavy atom. The monoisotopic (exact) mass is 567 g/mol. The maximum absolute atomic E-state index is 14.6. The van der Waals surface area contributed by atoms with Crippen molar-refractivity contribution in [1.29, 1.82) is 0 Å². The van der Waals surface area contributed by atoms with E-state index in [-0.39, 0.29) is 6.42 Å². The third-order valence-corrected chi connectivity index (χ3v) is 6.53. The molecule has 0 spiro atoms. The van der Waals surface area contributed by atoms with Crippen molar-refractivity contribution in [2.45, 2.75) is 78.1 Å². The van der Waals surface area contributed by atoms with Crippen LogP contribution in [0.3, 0.4) is 0 Å². The molecule has 0 bridgehead atoms. The molecule has 0 saturated carbocycles. The summed E-state index contributed by atoms with van der Waals surface area (Å²) >= 11 is 0. The molecule has 0 saturated heterocycles. The third-order valence-electron chi connectivity index (χ3n) is 6.53. The molecule has 0 aliphatic carbocycles. The van der Waals surface area contributed by atoms with Crippen LogP contribution in [-0.2, 0) is 20.7 Å². The van der Waals surface area contributed by atoms with E-state index in [0.29, 0.717) is 16.8 Å². The number of ether oxygens (including phenoxy) is 1. The van der Waals surface area contributed by atoms with Crippen LogP contribution >= 0.6 is 0 Å². The van der Waals surface area contributed by atoms with Gasteiger partial charge in [0.2, 0.25) is 5.91 Å². The summed E-state index contributed by atoms with van der Waals surface area (Å²) in [6.07, 6.45) is 5.07. The van der Waals surface area contributed by atoms with Gasteiger partial charge in [-0.05, 0) is 83.4 Å². The van der Waals surface area contributed by atoms with E-state index in [9.17, 15) is 14.4 Å². The summed E-state index contributed by atoms with van der Waals surface area (Å²) in [5.41, 5.74) is 2.01. The molecule has 0 aliphatic rings. The number of carbonyl (C=O) groups excluding carboxylic acids is 3. The molecule has 0 aromatic heterocycles. The Balaban J connectivity index is 2.12. The Hall–Kier alpha value is -4.57. The summed E-state index contributed by atoms with van der Waals surface area (Å²) in [4.78, 5) is 43.2. The van der Waals surface area contributed by atoms with Crippen molar-refractivity contribution in [3.05, 3.63) is 101 Å². The van der Waals surface area contributed by atoms with Gasteiger partial charge in [-0.15, -0.1) is 6.42 Å². The molecule has 3 rings (SSSR count). The van der Waals surface area contributed by atoms with Gasteiger partial charge in [0.1, 0.15) is 17.7 Å². The lowest BCUT2D eigenvalue weighted by Crippen LogP contribution is -2.58. The molecule has 0 fully saturated rings. The van der Waals surface area contributed by atoms with Crippen LogP contribution in [0.1, 0.15) is 69.8 Å². The van der Waals surface area contributed by atoms with Crippen LogP contribution in [0.4, 0.5) is 10.5 Å². The highest BCUT2D eigenvalue weighted by molar-refractivity contribution is 5.99. The highest BCUT2D eigenvalue weighted by atomic mass is 16.6. The predicted octanol–water partition coefficient (Wildman–Crippen LogP) is 6.42. The van der Waals surface area contributed by atoms with Crippen LogP contribution in [0.5, 0.6) is 0 Å². The van der Waals surface area contributed by atoms with Crippen LogP contribution < -0.4 is 10.6 Å². The first-order chi connectivity index (χ1) is 19.7. The molecule has 2 unspecified atom stereocenters. The number of carbonyl (C=O) groups is 3. The van der Waals surface area contributed by atoms with Crippen molar-refractivity contribution in [3.8, 4) is 12.3 Å². The number of aryl methyl sites for hydroxylation is 1. The number of hydrogen-bond donors (Lipinski definition) is 2. The van der Waals surface area contributed by atoms with Crippen LogP contribution in [0, 0.1) is 19.3 Å². The molecule has 42 heavy (non-hydrogen) atoms. The SMILES string of the molecule is C#Cc1ccc(C(C(=O)Nc2ccccc2C)N(C(=O)C(Cc2ccccc2)NC(=O)OC(C)(C)C)C(C)(C)C)cc1. The normalized spacial score (nSPS) is 12.8. The van der Waals surface area contributed by atoms with E-state index in [1.807, 2.05) is 82.3 Å². The van der Waals surface area contributed by atoms with E-state index in [0.717, 1.165) is 11.1 Å². The van der Waals surface area contributed by atoms with Crippen molar-refractivity contribution in [3.63, 3.8) is 0 Å². The first-order valence-electron chi connectivity index (χ1n) is 14.0. The molecule has 0 heterocycles. The van der Waals surface area contributed by atoms with Gasteiger partial charge in [-0.1, -0.05) is 66.6 Å². The lowest BCUT2D eigenvalue weighted by Gasteiger charge is -2.43. The zero-order valence-electron chi connectivity index (χ0n) is 25.5. The Kier molecular flexibility index (Phi) is 10.2. The van der Waals surface area contributed by atoms with Crippen molar-refractivity contribution in [2.75, 3.05) is 5.32 Å². The molecule has 2 N–H and O–H groups in total. The Labute approximate surface area is 249 Å². The third kappa shape index (κ3) is 8.71. The number of alkyl carbamates (subject to hydrolysis) is 1. The summed E-state index contributed by atoms with van der Waals surface area (Å²) in [6.45, 7) is 12.8. The first-order valence-corrected chi connectivity index (χ1v) is 14.0. The van der Waals surface area contributed by atoms with E-state index < -0.39 is 41.1 Å². The first kappa shape index (κ1) is 32.0. The number of rotatable bonds is 8. The fourth-order valence-electron chi connectivity index (χ4n) is 4.61. The Bertz CT molecular complexity index is 1430. The van der Waals surface area contributed by atoms with E-state index in [1.165, 1.54) is 4.90 Å². The van der Waals surface area contributed by atoms with Crippen molar-refractivity contribution < 1.29 is 19.1 Å². The number of benzene rings is 3. The van der Waals surface area contributed by atoms with Gasteiger partial charge in [-0.2, -0.15) is 0 Å². The fraction of sp³-hybridized carbons (Fsp3) is 0.343. The van der Waals surface area contributed by atoms with Gasteiger partial charge in [0, 0.05) is 23.2 Å². The number of hydrogen-bond acceptors (Lipinski definition) is 4. The molecule has 7 heteroatoms. The summed E-state index contributed by atoms with van der Waals surface area (Å²) in [5.74, 6) is 1.78. The van der Waals surface area contributed by atoms with Gasteiger partial charge >= 0.3 is 6.09 Å². The number of nitrogens with zero attached hydrogens (tertiary/aromatic N) is 1. The zero-order valence-corrected chi connectivity index (χ0v) is 25.5. The van der Waals surface area contributed by atoms with Gasteiger partial charge < -0.3 is 20.3 Å². The standard InChI is InChI=1S/C35H41N3O4/c1-9-25-19-21-27(22-20-25)30(31(39)36-28-18-14-13-15-24(28)2)38(34(3,4)5)32(40)29(23-26-16-11-10-12-17-26)37-33(41)42-35(6,7)8/h1,10-22,29-30H,23H2,2-8H3,(H,36,39)(H,37,41). The summed E-state index contributed by atoms with van der Waals surface area (Å²) in [6, 6.07) is 21.8. The average molecular weight is 568 g/mol. The van der Waals surface area contributed by atoms with Crippen molar-refractivity contribution in [1.82, 2.24) is 10.2 Å². The smallest absolute Gasteiger partial charge is 0.408 e. The molecule has 0 radical (unpaired) electrons. The second-order valence-electron chi connectivity index (χ2n) is 12.2. The topological polar surface area (TPSA) is 87.7 Å². The van der Waals surface area contributed by atoms with E-state index >= 15 is 0 Å². The minimum absolute atomic E-state index is 0.202. The average Bonchev–Trinajstić information content (AvgIpc) is 2.91. The Morgan fingerprint density at radius 1 is 0.881 bits per heavy atom. The van der Waals surface area contributed by atoms with Crippen LogP contribution in [-0.4, -0.2) is 40.0 Å². The lowest BCUT2D eigenvalue weighted by atomic mass is 9.93. The minimum Gasteiger partial charge on any atom is -0.444 e. The number of para-hydroxylation sites is 1. The number of anilines is 1. The maximum Gasteiger partial charge on any atom is 0.408 e.